The summed E-state index contributed by atoms with van der Waals surface area (Å²) in [6.07, 6.45) is -4.96. The number of amides is 2. The van der Waals surface area contributed by atoms with Crippen molar-refractivity contribution in [2.45, 2.75) is 86.0 Å². The molecule has 0 spiro atoms. The molecule has 1 aliphatic rings. The molecule has 1 aliphatic heterocycles. The van der Waals surface area contributed by atoms with E-state index in [-0.39, 0.29) is 31.2 Å². The summed E-state index contributed by atoms with van der Waals surface area (Å²) in [4.78, 5) is 65.5. The molecule has 1 heterocycles. The Labute approximate surface area is 254 Å². The van der Waals surface area contributed by atoms with Crippen molar-refractivity contribution in [2.75, 3.05) is 0 Å². The highest BCUT2D eigenvalue weighted by Gasteiger charge is 2.41. The second-order valence-corrected chi connectivity index (χ2v) is 11.1. The number of halogens is 3. The van der Waals surface area contributed by atoms with Crippen LogP contribution in [0.4, 0.5) is 13.2 Å². The fraction of sp³-hybridized carbons (Fsp3) is 0.586. The molecule has 12 nitrogen and oxygen atoms in total. The van der Waals surface area contributed by atoms with Gasteiger partial charge >= 0.3 is 24.1 Å². The van der Waals surface area contributed by atoms with E-state index < -0.39 is 47.9 Å². The maximum Gasteiger partial charge on any atom is 0.430 e. The monoisotopic (exact) mass is 636 g/mol. The molecule has 0 saturated carbocycles. The Morgan fingerprint density at radius 3 is 1.32 bits per heavy atom. The highest BCUT2D eigenvalue weighted by molar-refractivity contribution is 6.21. The van der Waals surface area contributed by atoms with Gasteiger partial charge in [-0.3, -0.25) is 28.9 Å². The lowest BCUT2D eigenvalue weighted by Gasteiger charge is -2.28. The zero-order valence-electron chi connectivity index (χ0n) is 25.9. The van der Waals surface area contributed by atoms with Gasteiger partial charge in [-0.2, -0.15) is 13.2 Å². The number of hydrogen-bond acceptors (Lipinski definition) is 7. The molecule has 2 rings (SSSR count). The molecular weight excluding hydrogens is 593 g/mol. The Bertz CT molecular complexity index is 1080. The lowest BCUT2D eigenvalue weighted by molar-refractivity contribution is -0.430. The molecular formula is C29H43F3N2O10. The molecule has 3 atom stereocenters. The first-order valence-corrected chi connectivity index (χ1v) is 13.7. The summed E-state index contributed by atoms with van der Waals surface area (Å²) in [5.74, 6) is -5.27. The Kier molecular flexibility index (Phi) is 18.5. The predicted molar refractivity (Wildman–Crippen MR) is 149 cm³/mol. The zero-order chi connectivity index (χ0) is 35.1. The second kappa shape index (κ2) is 19.3. The molecule has 0 aliphatic carbocycles. The summed E-state index contributed by atoms with van der Waals surface area (Å²) >= 11 is 0. The molecule has 250 valence electrons. The van der Waals surface area contributed by atoms with Crippen LogP contribution in [0.1, 0.15) is 88.4 Å². The highest BCUT2D eigenvalue weighted by atomic mass is 19.4. The van der Waals surface area contributed by atoms with Crippen molar-refractivity contribution in [3.05, 3.63) is 35.4 Å². The average molecular weight is 637 g/mol. The predicted octanol–water partition coefficient (Wildman–Crippen LogP) is 2.56. The molecule has 6 N–H and O–H groups in total. The van der Waals surface area contributed by atoms with Crippen LogP contribution in [0.2, 0.25) is 0 Å². The van der Waals surface area contributed by atoms with Crippen molar-refractivity contribution in [1.29, 1.82) is 0 Å². The van der Waals surface area contributed by atoms with Gasteiger partial charge in [-0.1, -0.05) is 60.6 Å². The van der Waals surface area contributed by atoms with Crippen molar-refractivity contribution >= 4 is 35.7 Å². The van der Waals surface area contributed by atoms with Crippen LogP contribution in [0, 0.1) is 23.7 Å². The van der Waals surface area contributed by atoms with Gasteiger partial charge in [0, 0.05) is 12.3 Å². The normalized spacial score (nSPS) is 14.3. The van der Waals surface area contributed by atoms with Crippen molar-refractivity contribution in [2.24, 2.45) is 23.7 Å². The van der Waals surface area contributed by atoms with Crippen molar-refractivity contribution < 1.29 is 68.1 Å². The number of hydrogen-bond donors (Lipinski definition) is 4. The minimum atomic E-state index is -5.19. The van der Waals surface area contributed by atoms with Crippen LogP contribution < -0.4 is 10.8 Å². The Hall–Kier alpha value is -4.01. The minimum absolute atomic E-state index is 0.0440. The van der Waals surface area contributed by atoms with Crippen LogP contribution >= 0.6 is 0 Å². The van der Waals surface area contributed by atoms with E-state index in [9.17, 15) is 37.1 Å². The van der Waals surface area contributed by atoms with Crippen LogP contribution in [0.25, 0.3) is 0 Å². The topological polar surface area (TPSA) is 217 Å². The van der Waals surface area contributed by atoms with Crippen LogP contribution in [-0.2, 0) is 19.2 Å². The number of quaternary nitrogens is 1. The van der Waals surface area contributed by atoms with E-state index in [0.29, 0.717) is 28.9 Å². The van der Waals surface area contributed by atoms with Crippen LogP contribution in [0.5, 0.6) is 0 Å². The molecule has 1 aromatic carbocycles. The summed E-state index contributed by atoms with van der Waals surface area (Å²) < 4.78 is 31.5. The molecule has 1 aromatic rings. The number of aliphatic carboxylic acids is 4. The maximum atomic E-state index is 12.2. The van der Waals surface area contributed by atoms with Gasteiger partial charge < -0.3 is 31.0 Å². The van der Waals surface area contributed by atoms with Crippen LogP contribution in [-0.4, -0.2) is 74.2 Å². The quantitative estimate of drug-likeness (QED) is 0.275. The molecule has 15 heteroatoms. The van der Waals surface area contributed by atoms with Gasteiger partial charge in [-0.15, -0.1) is 0 Å². The zero-order valence-corrected chi connectivity index (χ0v) is 25.9. The Balaban J connectivity index is 0. The molecule has 2 amide bonds. The van der Waals surface area contributed by atoms with Gasteiger partial charge in [0.2, 0.25) is 0 Å². The van der Waals surface area contributed by atoms with Crippen LogP contribution in [0.3, 0.4) is 0 Å². The SMILES string of the molecule is CC(C)[C@@H](CC(=O)O)N1C(=O)c2ccccc2C1=O.CC(C)[C@H](C)CC(=O)O.CC(C)[C@H]([NH3+])CC(=O)O.O=C([O-])C(F)(F)F. The largest absolute Gasteiger partial charge is 0.542 e. The van der Waals surface area contributed by atoms with E-state index in [1.54, 1.807) is 38.1 Å². The molecule has 0 fully saturated rings. The number of fused-ring (bicyclic) bond motifs is 1. The van der Waals surface area contributed by atoms with Gasteiger partial charge in [0.1, 0.15) is 5.97 Å². The van der Waals surface area contributed by atoms with E-state index in [4.69, 9.17) is 25.2 Å². The van der Waals surface area contributed by atoms with Gasteiger partial charge in [0.05, 0.1) is 36.1 Å². The van der Waals surface area contributed by atoms with Crippen LogP contribution in [0.15, 0.2) is 24.3 Å². The smallest absolute Gasteiger partial charge is 0.430 e. The van der Waals surface area contributed by atoms with E-state index in [1.165, 1.54) is 0 Å². The number of carboxylic acid groups (broad SMARTS) is 4. The first-order chi connectivity index (χ1) is 19.9. The third-order valence-electron chi connectivity index (χ3n) is 6.56. The van der Waals surface area contributed by atoms with Crippen molar-refractivity contribution in [3.63, 3.8) is 0 Å². The summed E-state index contributed by atoms with van der Waals surface area (Å²) in [6, 6.07) is 5.98. The van der Waals surface area contributed by atoms with Gasteiger partial charge in [0.25, 0.3) is 11.8 Å². The lowest BCUT2D eigenvalue weighted by Crippen LogP contribution is -2.64. The molecule has 0 radical (unpaired) electrons. The third kappa shape index (κ3) is 16.0. The second-order valence-electron chi connectivity index (χ2n) is 11.1. The number of nitrogens with zero attached hydrogens (tertiary/aromatic N) is 1. The number of rotatable bonds is 10. The Morgan fingerprint density at radius 2 is 1.11 bits per heavy atom. The molecule has 0 bridgehead atoms. The lowest BCUT2D eigenvalue weighted by atomic mass is 9.95. The van der Waals surface area contributed by atoms with Gasteiger partial charge in [-0.05, 0) is 29.9 Å². The molecule has 0 aromatic heterocycles. The summed E-state index contributed by atoms with van der Waals surface area (Å²) in [7, 11) is 0. The van der Waals surface area contributed by atoms with Gasteiger partial charge in [-0.25, -0.2) is 0 Å². The minimum Gasteiger partial charge on any atom is -0.542 e. The number of alkyl halides is 3. The summed E-state index contributed by atoms with van der Waals surface area (Å²) in [5.41, 5.74) is 4.40. The number of carbonyl (C=O) groups excluding carboxylic acids is 3. The first-order valence-electron chi connectivity index (χ1n) is 13.7. The van der Waals surface area contributed by atoms with E-state index in [1.807, 2.05) is 34.6 Å². The maximum absolute atomic E-state index is 12.2. The third-order valence-corrected chi connectivity index (χ3v) is 6.56. The fourth-order valence-corrected chi connectivity index (χ4v) is 3.28. The standard InChI is InChI=1S/C14H15NO4.C7H14O2.C6H13NO2.C2HF3O2/c1-8(2)11(7-12(16)17)15-13(18)9-5-3-4-6-10(9)14(15)19;1-5(2)6(3)4-7(8)9;1-4(2)5(7)3-6(8)9;3-2(4,5)1(6)7/h3-6,8,11H,7H2,1-2H3,(H,16,17);5-6H,4H2,1-3H3,(H,8,9);4-5H,3,7H2,1-2H3,(H,8,9);(H,6,7)/t11-;6-;5-;/m111./s1. The van der Waals surface area contributed by atoms with Crippen molar-refractivity contribution in [1.82, 2.24) is 4.90 Å². The highest BCUT2D eigenvalue weighted by Crippen LogP contribution is 2.28. The molecule has 44 heavy (non-hydrogen) atoms. The molecule has 0 saturated heterocycles. The first kappa shape index (κ1) is 42.1. The average Bonchev–Trinajstić information content (AvgIpc) is 3.11. The van der Waals surface area contributed by atoms with E-state index in [2.05, 4.69) is 5.73 Å². The number of carbonyl (C=O) groups is 6. The number of imide groups is 1. The summed E-state index contributed by atoms with van der Waals surface area (Å²) in [6.45, 7) is 13.6. The number of benzene rings is 1. The summed E-state index contributed by atoms with van der Waals surface area (Å²) in [5, 5.41) is 34.3. The number of carboxylic acids is 4. The Morgan fingerprint density at radius 1 is 0.750 bits per heavy atom. The van der Waals surface area contributed by atoms with Crippen molar-refractivity contribution in [3.8, 4) is 0 Å². The van der Waals surface area contributed by atoms with E-state index >= 15 is 0 Å². The molecule has 0 unspecified atom stereocenters. The fourth-order valence-electron chi connectivity index (χ4n) is 3.28. The van der Waals surface area contributed by atoms with Gasteiger partial charge in [0.15, 0.2) is 0 Å². The van der Waals surface area contributed by atoms with E-state index in [0.717, 1.165) is 4.90 Å².